The normalized spacial score (nSPS) is 15.3. The van der Waals surface area contributed by atoms with Gasteiger partial charge in [-0.15, -0.1) is 0 Å². The first-order chi connectivity index (χ1) is 15.4. The van der Waals surface area contributed by atoms with Crippen molar-refractivity contribution in [3.8, 4) is 11.1 Å². The number of ketones is 1. The molecule has 1 unspecified atom stereocenters. The van der Waals surface area contributed by atoms with Gasteiger partial charge in [0.05, 0.1) is 5.92 Å². The minimum Gasteiger partial charge on any atom is -0.366 e. The molecule has 1 fully saturated rings. The number of nitrogens with zero attached hydrogens (tertiary/aromatic N) is 1. The third-order valence-corrected chi connectivity index (χ3v) is 6.24. The Hall–Kier alpha value is -2.99. The summed E-state index contributed by atoms with van der Waals surface area (Å²) in [7, 11) is 0. The van der Waals surface area contributed by atoms with E-state index in [4.69, 9.17) is 11.5 Å². The zero-order valence-electron chi connectivity index (χ0n) is 18.8. The molecular formula is C26H33N3O3. The lowest BCUT2D eigenvalue weighted by Gasteiger charge is -2.26. The van der Waals surface area contributed by atoms with E-state index in [2.05, 4.69) is 17.0 Å². The molecule has 2 amide bonds. The first-order valence-electron chi connectivity index (χ1n) is 11.5. The molecule has 1 atom stereocenters. The van der Waals surface area contributed by atoms with Crippen LogP contribution in [0, 0.1) is 0 Å². The number of unbranched alkanes of at least 4 members (excludes halogenated alkanes) is 1. The Balaban J connectivity index is 2.01. The van der Waals surface area contributed by atoms with Gasteiger partial charge in [0.15, 0.2) is 0 Å². The molecule has 0 saturated carbocycles. The van der Waals surface area contributed by atoms with Crippen LogP contribution in [0.2, 0.25) is 0 Å². The molecule has 4 N–H and O–H groups in total. The van der Waals surface area contributed by atoms with E-state index in [9.17, 15) is 14.4 Å². The standard InChI is InChI=1S/C26H33N3O3/c1-2-3-8-21(24(30)26(28)32)20-9-7-10-22(25(27)31)23(20)19-13-11-18(12-14-19)17-29-15-5-4-6-16-29/h7,9-14,21H,2-6,8,15-17H2,1H3,(H2,27,31)(H2,28,32). The van der Waals surface area contributed by atoms with Crippen LogP contribution in [-0.4, -0.2) is 35.6 Å². The van der Waals surface area contributed by atoms with Gasteiger partial charge in [-0.3, -0.25) is 19.3 Å². The Morgan fingerprint density at radius 1 is 0.969 bits per heavy atom. The van der Waals surface area contributed by atoms with E-state index in [1.807, 2.05) is 19.1 Å². The first-order valence-corrected chi connectivity index (χ1v) is 11.5. The van der Waals surface area contributed by atoms with Crippen molar-refractivity contribution in [1.82, 2.24) is 4.90 Å². The number of likely N-dealkylation sites (tertiary alicyclic amines) is 1. The minimum atomic E-state index is -0.960. The highest BCUT2D eigenvalue weighted by Crippen LogP contribution is 2.36. The highest BCUT2D eigenvalue weighted by Gasteiger charge is 2.28. The fourth-order valence-electron chi connectivity index (χ4n) is 4.55. The number of piperidine rings is 1. The summed E-state index contributed by atoms with van der Waals surface area (Å²) in [6.07, 6.45) is 5.89. The largest absolute Gasteiger partial charge is 0.366 e. The number of nitrogens with two attached hydrogens (primary N) is 2. The maximum Gasteiger partial charge on any atom is 0.285 e. The summed E-state index contributed by atoms with van der Waals surface area (Å²) in [5, 5.41) is 0. The molecule has 0 radical (unpaired) electrons. The first kappa shape index (κ1) is 23.7. The second kappa shape index (κ2) is 11.0. The molecule has 0 bridgehead atoms. The van der Waals surface area contributed by atoms with Crippen LogP contribution in [0.4, 0.5) is 0 Å². The molecule has 2 aromatic rings. The van der Waals surface area contributed by atoms with Crippen molar-refractivity contribution < 1.29 is 14.4 Å². The minimum absolute atomic E-state index is 0.338. The molecule has 1 aliphatic rings. The summed E-state index contributed by atoms with van der Waals surface area (Å²) in [6, 6.07) is 13.2. The summed E-state index contributed by atoms with van der Waals surface area (Å²) >= 11 is 0. The maximum atomic E-state index is 12.7. The molecule has 170 valence electrons. The molecule has 0 spiro atoms. The van der Waals surface area contributed by atoms with Crippen molar-refractivity contribution in [3.63, 3.8) is 0 Å². The molecule has 0 aliphatic carbocycles. The summed E-state index contributed by atoms with van der Waals surface area (Å²) in [4.78, 5) is 39.2. The van der Waals surface area contributed by atoms with Gasteiger partial charge < -0.3 is 11.5 Å². The van der Waals surface area contributed by atoms with E-state index < -0.39 is 23.5 Å². The van der Waals surface area contributed by atoms with Gasteiger partial charge >= 0.3 is 0 Å². The van der Waals surface area contributed by atoms with Crippen molar-refractivity contribution in [3.05, 3.63) is 59.2 Å². The molecule has 1 aliphatic heterocycles. The molecular weight excluding hydrogens is 402 g/mol. The van der Waals surface area contributed by atoms with Gasteiger partial charge in [-0.2, -0.15) is 0 Å². The van der Waals surface area contributed by atoms with Gasteiger partial charge in [0.1, 0.15) is 0 Å². The highest BCUT2D eigenvalue weighted by molar-refractivity contribution is 6.37. The van der Waals surface area contributed by atoms with Gasteiger partial charge in [-0.05, 0) is 60.7 Å². The Morgan fingerprint density at radius 2 is 1.66 bits per heavy atom. The summed E-state index contributed by atoms with van der Waals surface area (Å²) < 4.78 is 0. The van der Waals surface area contributed by atoms with Crippen LogP contribution in [-0.2, 0) is 16.1 Å². The van der Waals surface area contributed by atoms with Gasteiger partial charge in [0, 0.05) is 12.1 Å². The van der Waals surface area contributed by atoms with Crippen LogP contribution in [0.15, 0.2) is 42.5 Å². The topological polar surface area (TPSA) is 106 Å². The van der Waals surface area contributed by atoms with Gasteiger partial charge in [-0.25, -0.2) is 0 Å². The van der Waals surface area contributed by atoms with Crippen molar-refractivity contribution >= 4 is 17.6 Å². The van der Waals surface area contributed by atoms with E-state index in [0.717, 1.165) is 38.0 Å². The lowest BCUT2D eigenvalue weighted by atomic mass is 9.82. The number of hydrogen-bond acceptors (Lipinski definition) is 4. The number of hydrogen-bond donors (Lipinski definition) is 2. The number of primary amides is 2. The average molecular weight is 436 g/mol. The quantitative estimate of drug-likeness (QED) is 0.554. The third kappa shape index (κ3) is 5.62. The van der Waals surface area contributed by atoms with Crippen LogP contribution in [0.5, 0.6) is 0 Å². The lowest BCUT2D eigenvalue weighted by Crippen LogP contribution is -2.29. The van der Waals surface area contributed by atoms with Gasteiger partial charge in [-0.1, -0.05) is 62.6 Å². The Morgan fingerprint density at radius 3 is 2.25 bits per heavy atom. The monoisotopic (exact) mass is 435 g/mol. The van der Waals surface area contributed by atoms with E-state index in [0.29, 0.717) is 23.1 Å². The van der Waals surface area contributed by atoms with E-state index >= 15 is 0 Å². The number of Topliss-reactive ketones (excluding diaryl/α,β-unsaturated/α-hetero) is 1. The second-order valence-electron chi connectivity index (χ2n) is 8.59. The smallest absolute Gasteiger partial charge is 0.285 e. The van der Waals surface area contributed by atoms with Crippen LogP contribution in [0.3, 0.4) is 0 Å². The number of benzene rings is 2. The number of amides is 2. The maximum absolute atomic E-state index is 12.7. The zero-order valence-corrected chi connectivity index (χ0v) is 18.8. The Bertz CT molecular complexity index is 963. The fraction of sp³-hybridized carbons (Fsp3) is 0.423. The molecule has 6 heteroatoms. The van der Waals surface area contributed by atoms with Crippen LogP contribution < -0.4 is 11.5 Å². The van der Waals surface area contributed by atoms with E-state index in [1.54, 1.807) is 18.2 Å². The molecule has 2 aromatic carbocycles. The number of rotatable bonds is 10. The Labute approximate surface area is 190 Å². The van der Waals surface area contributed by atoms with Crippen LogP contribution >= 0.6 is 0 Å². The SMILES string of the molecule is CCCCC(C(=O)C(N)=O)c1cccc(C(N)=O)c1-c1ccc(CN2CCCCC2)cc1. The molecule has 3 rings (SSSR count). The lowest BCUT2D eigenvalue weighted by molar-refractivity contribution is -0.137. The highest BCUT2D eigenvalue weighted by atomic mass is 16.2. The van der Waals surface area contributed by atoms with Gasteiger partial charge in [0.2, 0.25) is 11.7 Å². The molecule has 6 nitrogen and oxygen atoms in total. The Kier molecular flexibility index (Phi) is 8.17. The summed E-state index contributed by atoms with van der Waals surface area (Å²) in [5.74, 6) is -2.86. The van der Waals surface area contributed by atoms with Crippen LogP contribution in [0.1, 0.15) is 72.9 Å². The third-order valence-electron chi connectivity index (χ3n) is 6.24. The predicted octanol–water partition coefficient (Wildman–Crippen LogP) is 3.77. The van der Waals surface area contributed by atoms with Crippen molar-refractivity contribution in [2.24, 2.45) is 11.5 Å². The fourth-order valence-corrected chi connectivity index (χ4v) is 4.55. The van der Waals surface area contributed by atoms with Crippen molar-refractivity contribution in [1.29, 1.82) is 0 Å². The molecule has 32 heavy (non-hydrogen) atoms. The molecule has 0 aromatic heterocycles. The molecule has 1 saturated heterocycles. The van der Waals surface area contributed by atoms with Gasteiger partial charge in [0.25, 0.3) is 5.91 Å². The predicted molar refractivity (Wildman–Crippen MR) is 126 cm³/mol. The van der Waals surface area contributed by atoms with E-state index in [-0.39, 0.29) is 0 Å². The number of carbonyl (C=O) groups excluding carboxylic acids is 3. The summed E-state index contributed by atoms with van der Waals surface area (Å²) in [5.41, 5.74) is 14.6. The van der Waals surface area contributed by atoms with Crippen LogP contribution in [0.25, 0.3) is 11.1 Å². The number of carbonyl (C=O) groups is 3. The zero-order chi connectivity index (χ0) is 23.1. The molecule has 1 heterocycles. The van der Waals surface area contributed by atoms with E-state index in [1.165, 1.54) is 24.8 Å². The summed E-state index contributed by atoms with van der Waals surface area (Å²) in [6.45, 7) is 5.15. The average Bonchev–Trinajstić information content (AvgIpc) is 2.80. The second-order valence-corrected chi connectivity index (χ2v) is 8.59. The van der Waals surface area contributed by atoms with Crippen molar-refractivity contribution in [2.45, 2.75) is 57.9 Å². The van der Waals surface area contributed by atoms with Crippen molar-refractivity contribution in [2.75, 3.05) is 13.1 Å².